The van der Waals surface area contributed by atoms with Crippen LogP contribution in [0.2, 0.25) is 0 Å². The molecule has 0 aliphatic heterocycles. The molecule has 1 atom stereocenters. The van der Waals surface area contributed by atoms with Crippen LogP contribution in [0.25, 0.3) is 0 Å². The third-order valence-electron chi connectivity index (χ3n) is 2.98. The summed E-state index contributed by atoms with van der Waals surface area (Å²) in [5.41, 5.74) is 5.38. The Bertz CT molecular complexity index is 679. The molecule has 1 heterocycles. The minimum absolute atomic E-state index is 0.275. The van der Waals surface area contributed by atoms with Crippen molar-refractivity contribution in [2.45, 2.75) is 12.0 Å². The van der Waals surface area contributed by atoms with E-state index in [9.17, 15) is 9.59 Å². The third-order valence-corrected chi connectivity index (χ3v) is 3.36. The van der Waals surface area contributed by atoms with Gasteiger partial charge in [-0.05, 0) is 29.8 Å². The number of anilines is 1. The Kier molecular flexibility index (Phi) is 5.08. The number of carbonyl (C=O) groups excluding carboxylic acids is 1. The second-order valence-corrected chi connectivity index (χ2v) is 4.88. The summed E-state index contributed by atoms with van der Waals surface area (Å²) >= 11 is 5.89. The highest BCUT2D eigenvalue weighted by atomic mass is 35.5. The predicted octanol–water partition coefficient (Wildman–Crippen LogP) is 1.84. The number of carboxylic acids is 1. The van der Waals surface area contributed by atoms with Gasteiger partial charge in [0, 0.05) is 18.3 Å². The van der Waals surface area contributed by atoms with E-state index in [1.165, 1.54) is 12.4 Å². The number of nitrogens with two attached hydrogens (primary N) is 1. The van der Waals surface area contributed by atoms with Crippen molar-refractivity contribution < 1.29 is 14.7 Å². The first-order valence-corrected chi connectivity index (χ1v) is 6.87. The number of carboxylic acid groups (broad SMARTS) is 1. The molecule has 7 heteroatoms. The normalized spacial score (nSPS) is 11.7. The van der Waals surface area contributed by atoms with Gasteiger partial charge in [-0.15, -0.1) is 0 Å². The summed E-state index contributed by atoms with van der Waals surface area (Å²) in [6, 6.07) is 9.81. The average molecular weight is 320 g/mol. The van der Waals surface area contributed by atoms with Crippen molar-refractivity contribution in [3.8, 4) is 0 Å². The van der Waals surface area contributed by atoms with Gasteiger partial charge in [0.25, 0.3) is 5.91 Å². The maximum absolute atomic E-state index is 12.7. The number of carbonyl (C=O) groups is 2. The number of pyridine rings is 1. The van der Waals surface area contributed by atoms with Gasteiger partial charge in [-0.3, -0.25) is 14.7 Å². The molecule has 0 saturated heterocycles. The van der Waals surface area contributed by atoms with Crippen LogP contribution in [-0.4, -0.2) is 27.5 Å². The average Bonchev–Trinajstić information content (AvgIpc) is 2.55. The van der Waals surface area contributed by atoms with E-state index >= 15 is 0 Å². The molecule has 0 unspecified atom stereocenters. The van der Waals surface area contributed by atoms with Crippen molar-refractivity contribution >= 4 is 29.2 Å². The summed E-state index contributed by atoms with van der Waals surface area (Å²) in [5.74, 6) is -1.86. The van der Waals surface area contributed by atoms with Crippen LogP contribution >= 0.6 is 11.6 Å². The van der Waals surface area contributed by atoms with Crippen molar-refractivity contribution in [2.24, 2.45) is 5.73 Å². The number of hydrogen-bond donors (Lipinski definition) is 2. The van der Waals surface area contributed by atoms with E-state index in [-0.39, 0.29) is 6.54 Å². The Morgan fingerprint density at radius 1 is 1.32 bits per heavy atom. The second-order valence-electron chi connectivity index (χ2n) is 4.46. The zero-order chi connectivity index (χ0) is 16.1. The minimum atomic E-state index is -1.54. The lowest BCUT2D eigenvalue weighted by molar-refractivity contribution is -0.136. The first-order valence-electron chi connectivity index (χ1n) is 6.44. The number of nitrogens with zero attached hydrogens (tertiary/aromatic N) is 2. The molecule has 1 aromatic heterocycles. The fourth-order valence-corrected chi connectivity index (χ4v) is 2.13. The van der Waals surface area contributed by atoms with Gasteiger partial charge < -0.3 is 10.8 Å². The maximum Gasteiger partial charge on any atom is 0.342 e. The van der Waals surface area contributed by atoms with E-state index in [1.54, 1.807) is 36.4 Å². The van der Waals surface area contributed by atoms with E-state index in [0.717, 1.165) is 10.5 Å². The molecule has 1 amide bonds. The lowest BCUT2D eigenvalue weighted by Crippen LogP contribution is -2.42. The van der Waals surface area contributed by atoms with E-state index in [4.69, 9.17) is 22.4 Å². The first-order chi connectivity index (χ1) is 10.5. The summed E-state index contributed by atoms with van der Waals surface area (Å²) in [4.78, 5) is 28.7. The van der Waals surface area contributed by atoms with Gasteiger partial charge in [-0.1, -0.05) is 23.7 Å². The van der Waals surface area contributed by atoms with Crippen LogP contribution in [-0.2, 0) is 11.3 Å². The maximum atomic E-state index is 12.7. The van der Waals surface area contributed by atoms with Crippen LogP contribution in [0.4, 0.5) is 5.69 Å². The fraction of sp³-hybridized carbons (Fsp3) is 0.133. The highest BCUT2D eigenvalue weighted by Crippen LogP contribution is 2.21. The topological polar surface area (TPSA) is 96.5 Å². The zero-order valence-electron chi connectivity index (χ0n) is 11.5. The smallest absolute Gasteiger partial charge is 0.342 e. The van der Waals surface area contributed by atoms with Crippen LogP contribution < -0.4 is 10.6 Å². The number of hydrogen-bond acceptors (Lipinski definition) is 4. The molecule has 0 spiro atoms. The Morgan fingerprint density at radius 3 is 2.68 bits per heavy atom. The predicted molar refractivity (Wildman–Crippen MR) is 82.7 cm³/mol. The molecular weight excluding hydrogens is 306 g/mol. The van der Waals surface area contributed by atoms with Crippen molar-refractivity contribution in [1.29, 1.82) is 0 Å². The highest BCUT2D eigenvalue weighted by molar-refractivity contribution is 6.34. The standard InChI is InChI=1S/C15H14ClN3O3/c16-13(15(21)22)19(12-5-2-6-18-9-12)14(20)11-4-1-3-10(7-11)8-17/h1-7,9,13H,8,17H2,(H,21,22)/t13-/m1/s1. The van der Waals surface area contributed by atoms with Gasteiger partial charge in [0.05, 0.1) is 11.9 Å². The van der Waals surface area contributed by atoms with E-state index in [0.29, 0.717) is 11.3 Å². The van der Waals surface area contributed by atoms with Gasteiger partial charge in [0.2, 0.25) is 5.50 Å². The lowest BCUT2D eigenvalue weighted by atomic mass is 10.1. The summed E-state index contributed by atoms with van der Waals surface area (Å²) in [5, 5.41) is 9.14. The van der Waals surface area contributed by atoms with E-state index in [2.05, 4.69) is 4.98 Å². The summed E-state index contributed by atoms with van der Waals surface area (Å²) < 4.78 is 0. The molecule has 0 aliphatic rings. The largest absolute Gasteiger partial charge is 0.479 e. The minimum Gasteiger partial charge on any atom is -0.479 e. The lowest BCUT2D eigenvalue weighted by Gasteiger charge is -2.25. The molecule has 2 aromatic rings. The number of amides is 1. The summed E-state index contributed by atoms with van der Waals surface area (Å²) in [6.45, 7) is 0.275. The number of benzene rings is 1. The molecule has 0 fully saturated rings. The number of alkyl halides is 1. The number of aliphatic carboxylic acids is 1. The van der Waals surface area contributed by atoms with Crippen LogP contribution in [0.15, 0.2) is 48.8 Å². The SMILES string of the molecule is NCc1cccc(C(=O)N(c2cccnc2)[C@@H](Cl)C(=O)O)c1. The number of aromatic nitrogens is 1. The van der Waals surface area contributed by atoms with Gasteiger partial charge >= 0.3 is 5.97 Å². The molecule has 0 aliphatic carbocycles. The van der Waals surface area contributed by atoms with Gasteiger partial charge in [0.1, 0.15) is 0 Å². The number of halogens is 1. The Hall–Kier alpha value is -2.44. The Balaban J connectivity index is 2.44. The molecule has 3 N–H and O–H groups in total. The van der Waals surface area contributed by atoms with Gasteiger partial charge in [-0.2, -0.15) is 0 Å². The van der Waals surface area contributed by atoms with Crippen LogP contribution in [0.3, 0.4) is 0 Å². The van der Waals surface area contributed by atoms with Gasteiger partial charge in [-0.25, -0.2) is 4.79 Å². The van der Waals surface area contributed by atoms with Crippen molar-refractivity contribution in [1.82, 2.24) is 4.98 Å². The highest BCUT2D eigenvalue weighted by Gasteiger charge is 2.30. The first kappa shape index (κ1) is 15.9. The van der Waals surface area contributed by atoms with E-state index < -0.39 is 17.4 Å². The molecule has 6 nitrogen and oxygen atoms in total. The summed E-state index contributed by atoms with van der Waals surface area (Å²) in [7, 11) is 0. The molecule has 0 radical (unpaired) electrons. The molecule has 0 saturated carbocycles. The monoisotopic (exact) mass is 319 g/mol. The van der Waals surface area contributed by atoms with Crippen molar-refractivity contribution in [3.05, 3.63) is 59.9 Å². The van der Waals surface area contributed by atoms with Crippen molar-refractivity contribution in [3.63, 3.8) is 0 Å². The molecule has 0 bridgehead atoms. The van der Waals surface area contributed by atoms with Crippen LogP contribution in [0.5, 0.6) is 0 Å². The Morgan fingerprint density at radius 2 is 2.09 bits per heavy atom. The molecule has 1 aromatic carbocycles. The Labute approximate surface area is 132 Å². The molecular formula is C15H14ClN3O3. The fourth-order valence-electron chi connectivity index (χ4n) is 1.93. The molecule has 114 valence electrons. The second kappa shape index (κ2) is 7.02. The van der Waals surface area contributed by atoms with Crippen molar-refractivity contribution in [2.75, 3.05) is 4.90 Å². The number of rotatable bonds is 5. The quantitative estimate of drug-likeness (QED) is 0.647. The summed E-state index contributed by atoms with van der Waals surface area (Å²) in [6.07, 6.45) is 2.90. The van der Waals surface area contributed by atoms with Gasteiger partial charge in [0.15, 0.2) is 0 Å². The zero-order valence-corrected chi connectivity index (χ0v) is 12.3. The van der Waals surface area contributed by atoms with E-state index in [1.807, 2.05) is 0 Å². The van der Waals surface area contributed by atoms with Crippen LogP contribution in [0.1, 0.15) is 15.9 Å². The van der Waals surface area contributed by atoms with Crippen LogP contribution in [0, 0.1) is 0 Å². The third kappa shape index (κ3) is 3.41. The molecule has 22 heavy (non-hydrogen) atoms. The molecule has 2 rings (SSSR count).